The fourth-order valence-electron chi connectivity index (χ4n) is 3.41. The van der Waals surface area contributed by atoms with Crippen molar-refractivity contribution in [3.05, 3.63) is 78.0 Å². The summed E-state index contributed by atoms with van der Waals surface area (Å²) in [5, 5.41) is 6.45. The highest BCUT2D eigenvalue weighted by Gasteiger charge is 2.12. The second kappa shape index (κ2) is 10.3. The number of ether oxygens (including phenoxy) is 1. The number of amides is 1. The summed E-state index contributed by atoms with van der Waals surface area (Å²) >= 11 is 6.32. The molecule has 0 spiro atoms. The molecule has 4 rings (SSSR count). The number of nitrogens with zero attached hydrogens (tertiary/aromatic N) is 3. The summed E-state index contributed by atoms with van der Waals surface area (Å²) in [6, 6.07) is 15.7. The van der Waals surface area contributed by atoms with Crippen LogP contribution in [0.15, 0.2) is 67.4 Å². The van der Waals surface area contributed by atoms with Crippen molar-refractivity contribution in [1.29, 1.82) is 0 Å². The summed E-state index contributed by atoms with van der Waals surface area (Å²) in [6.07, 6.45) is 2.84. The predicted molar refractivity (Wildman–Crippen MR) is 128 cm³/mol. The Morgan fingerprint density at radius 2 is 1.97 bits per heavy atom. The maximum absolute atomic E-state index is 11.5. The van der Waals surface area contributed by atoms with Gasteiger partial charge in [0.15, 0.2) is 5.82 Å². The van der Waals surface area contributed by atoms with Crippen LogP contribution in [0, 0.1) is 0 Å². The number of benzene rings is 2. The van der Waals surface area contributed by atoms with Gasteiger partial charge >= 0.3 is 0 Å². The van der Waals surface area contributed by atoms with Crippen molar-refractivity contribution in [2.75, 3.05) is 41.8 Å². The zero-order valence-electron chi connectivity index (χ0n) is 17.6. The zero-order valence-corrected chi connectivity index (χ0v) is 18.3. The van der Waals surface area contributed by atoms with E-state index in [1.54, 1.807) is 6.20 Å². The highest BCUT2D eigenvalue weighted by molar-refractivity contribution is 6.32. The Kier molecular flexibility index (Phi) is 6.99. The Bertz CT molecular complexity index is 1100. The Morgan fingerprint density at radius 1 is 1.19 bits per heavy atom. The second-order valence-electron chi connectivity index (χ2n) is 7.28. The molecule has 32 heavy (non-hydrogen) atoms. The van der Waals surface area contributed by atoms with Crippen LogP contribution in [0.2, 0.25) is 5.02 Å². The molecule has 3 aromatic rings. The van der Waals surface area contributed by atoms with Crippen molar-refractivity contribution in [3.8, 4) is 11.4 Å². The van der Waals surface area contributed by atoms with Gasteiger partial charge in [0.1, 0.15) is 10.8 Å². The van der Waals surface area contributed by atoms with E-state index < -0.39 is 0 Å². The Labute approximate surface area is 192 Å². The summed E-state index contributed by atoms with van der Waals surface area (Å²) in [4.78, 5) is 22.8. The van der Waals surface area contributed by atoms with Crippen molar-refractivity contribution in [3.63, 3.8) is 0 Å². The molecule has 0 aliphatic carbocycles. The molecule has 0 atom stereocenters. The van der Waals surface area contributed by atoms with E-state index in [-0.39, 0.29) is 5.91 Å². The maximum atomic E-state index is 11.5. The number of carbonyl (C=O) groups excluding carboxylic acids is 1. The first-order valence-electron chi connectivity index (χ1n) is 10.3. The first-order chi connectivity index (χ1) is 15.6. The molecular formula is C24H24ClN5O2. The van der Waals surface area contributed by atoms with Gasteiger partial charge in [0.25, 0.3) is 0 Å². The first kappa shape index (κ1) is 21.8. The van der Waals surface area contributed by atoms with E-state index in [1.165, 1.54) is 6.08 Å². The quantitative estimate of drug-likeness (QED) is 0.521. The summed E-state index contributed by atoms with van der Waals surface area (Å²) in [5.41, 5.74) is 3.74. The summed E-state index contributed by atoms with van der Waals surface area (Å²) < 4.78 is 5.42. The van der Waals surface area contributed by atoms with Gasteiger partial charge < -0.3 is 20.3 Å². The monoisotopic (exact) mass is 449 g/mol. The lowest BCUT2D eigenvalue weighted by molar-refractivity contribution is -0.111. The molecule has 1 amide bonds. The summed E-state index contributed by atoms with van der Waals surface area (Å²) in [6.45, 7) is 7.24. The lowest BCUT2D eigenvalue weighted by atomic mass is 10.1. The lowest BCUT2D eigenvalue weighted by Gasteiger charge is -2.28. The number of halogens is 1. The number of morpholine rings is 1. The molecule has 1 aliphatic rings. The van der Waals surface area contributed by atoms with E-state index in [4.69, 9.17) is 16.3 Å². The van der Waals surface area contributed by atoms with Crippen molar-refractivity contribution < 1.29 is 9.53 Å². The molecule has 8 heteroatoms. The van der Waals surface area contributed by atoms with E-state index in [0.717, 1.165) is 43.1 Å². The number of rotatable bonds is 7. The third-order valence-corrected chi connectivity index (χ3v) is 5.36. The van der Waals surface area contributed by atoms with Crippen molar-refractivity contribution in [2.24, 2.45) is 0 Å². The molecule has 0 bridgehead atoms. The van der Waals surface area contributed by atoms with Crippen molar-refractivity contribution >= 4 is 34.7 Å². The molecule has 0 unspecified atom stereocenters. The van der Waals surface area contributed by atoms with E-state index in [1.807, 2.05) is 36.4 Å². The minimum Gasteiger partial charge on any atom is -0.378 e. The standard InChI is InChI=1S/C24H24ClN5O2/c1-2-22(31)28-19-5-3-4-17(14-19)15-26-24-21(25)16-27-23(29-24)18-6-8-20(9-7-18)30-10-12-32-13-11-30/h2-9,14,16H,1,10-13,15H2,(H,28,31)(H,26,27,29). The number of hydrogen-bond donors (Lipinski definition) is 2. The van der Waals surface area contributed by atoms with Gasteiger partial charge in [0, 0.05) is 36.6 Å². The SMILES string of the molecule is C=CC(=O)Nc1cccc(CNc2nc(-c3ccc(N4CCOCC4)cc3)ncc2Cl)c1. The molecule has 1 saturated heterocycles. The Hall–Kier alpha value is -3.42. The zero-order chi connectivity index (χ0) is 22.3. The molecule has 7 nitrogen and oxygen atoms in total. The third-order valence-electron chi connectivity index (χ3n) is 5.09. The molecule has 1 fully saturated rings. The molecule has 2 N–H and O–H groups in total. The number of anilines is 3. The fourth-order valence-corrected chi connectivity index (χ4v) is 3.57. The van der Waals surface area contributed by atoms with Crippen molar-refractivity contribution in [2.45, 2.75) is 6.54 Å². The van der Waals surface area contributed by atoms with Gasteiger partial charge in [-0.05, 0) is 48.0 Å². The van der Waals surface area contributed by atoms with E-state index >= 15 is 0 Å². The third kappa shape index (κ3) is 5.43. The van der Waals surface area contributed by atoms with Gasteiger partial charge in [0.05, 0.1) is 19.4 Å². The molecule has 1 aromatic heterocycles. The van der Waals surface area contributed by atoms with Crippen LogP contribution in [0.3, 0.4) is 0 Å². The van der Waals surface area contributed by atoms with Crippen LogP contribution in [0.1, 0.15) is 5.56 Å². The Morgan fingerprint density at radius 3 is 2.72 bits per heavy atom. The molecule has 0 radical (unpaired) electrons. The number of aromatic nitrogens is 2. The molecule has 164 valence electrons. The van der Waals surface area contributed by atoms with Gasteiger partial charge in [-0.1, -0.05) is 30.3 Å². The highest BCUT2D eigenvalue weighted by Crippen LogP contribution is 2.26. The maximum Gasteiger partial charge on any atom is 0.247 e. The normalized spacial score (nSPS) is 13.5. The molecule has 2 heterocycles. The van der Waals surface area contributed by atoms with Gasteiger partial charge in [-0.15, -0.1) is 0 Å². The van der Waals surface area contributed by atoms with Crippen LogP contribution in [-0.4, -0.2) is 42.2 Å². The smallest absolute Gasteiger partial charge is 0.247 e. The summed E-state index contributed by atoms with van der Waals surface area (Å²) in [5.74, 6) is 0.894. The van der Waals surface area contributed by atoms with Crippen LogP contribution >= 0.6 is 11.6 Å². The van der Waals surface area contributed by atoms with Crippen LogP contribution in [0.5, 0.6) is 0 Å². The van der Waals surface area contributed by atoms with E-state index in [9.17, 15) is 4.79 Å². The van der Waals surface area contributed by atoms with Crippen LogP contribution < -0.4 is 15.5 Å². The van der Waals surface area contributed by atoms with Crippen LogP contribution in [0.25, 0.3) is 11.4 Å². The highest BCUT2D eigenvalue weighted by atomic mass is 35.5. The molecule has 1 aliphatic heterocycles. The van der Waals surface area contributed by atoms with Crippen molar-refractivity contribution in [1.82, 2.24) is 9.97 Å². The van der Waals surface area contributed by atoms with Gasteiger partial charge in [-0.2, -0.15) is 0 Å². The van der Waals surface area contributed by atoms with Gasteiger partial charge in [-0.25, -0.2) is 9.97 Å². The number of hydrogen-bond acceptors (Lipinski definition) is 6. The fraction of sp³-hybridized carbons (Fsp3) is 0.208. The molecule has 2 aromatic carbocycles. The van der Waals surface area contributed by atoms with Gasteiger partial charge in [0.2, 0.25) is 5.91 Å². The average molecular weight is 450 g/mol. The number of nitrogens with one attached hydrogen (secondary N) is 2. The summed E-state index contributed by atoms with van der Waals surface area (Å²) in [7, 11) is 0. The lowest BCUT2D eigenvalue weighted by Crippen LogP contribution is -2.36. The first-order valence-corrected chi connectivity index (χ1v) is 10.7. The van der Waals surface area contributed by atoms with E-state index in [0.29, 0.717) is 28.9 Å². The van der Waals surface area contributed by atoms with Gasteiger partial charge in [-0.3, -0.25) is 4.79 Å². The molecular weight excluding hydrogens is 426 g/mol. The number of carbonyl (C=O) groups is 1. The minimum atomic E-state index is -0.252. The van der Waals surface area contributed by atoms with E-state index in [2.05, 4.69) is 44.2 Å². The van der Waals surface area contributed by atoms with Crippen LogP contribution in [-0.2, 0) is 16.1 Å². The second-order valence-corrected chi connectivity index (χ2v) is 7.69. The Balaban J connectivity index is 1.45. The minimum absolute atomic E-state index is 0.252. The molecule has 0 saturated carbocycles. The topological polar surface area (TPSA) is 79.4 Å². The van der Waals surface area contributed by atoms with Crippen LogP contribution in [0.4, 0.5) is 17.2 Å². The predicted octanol–water partition coefficient (Wildman–Crippen LogP) is 4.37. The largest absolute Gasteiger partial charge is 0.378 e. The average Bonchev–Trinajstić information content (AvgIpc) is 2.84.